The van der Waals surface area contributed by atoms with Crippen molar-refractivity contribution in [2.45, 2.75) is 64.5 Å². The third kappa shape index (κ3) is 8.80. The number of ether oxygens (including phenoxy) is 2. The van der Waals surface area contributed by atoms with E-state index in [1.54, 1.807) is 0 Å². The normalized spacial score (nSPS) is 11.4. The highest BCUT2D eigenvalue weighted by molar-refractivity contribution is 6.04. The van der Waals surface area contributed by atoms with Gasteiger partial charge in [-0.05, 0) is 111 Å². The molecule has 0 aliphatic rings. The van der Waals surface area contributed by atoms with Crippen LogP contribution in [0.5, 0.6) is 11.5 Å². The molecule has 0 saturated heterocycles. The van der Waals surface area contributed by atoms with Crippen LogP contribution in [0.3, 0.4) is 0 Å². The van der Waals surface area contributed by atoms with Crippen molar-refractivity contribution in [1.29, 1.82) is 0 Å². The second-order valence-electron chi connectivity index (χ2n) is 13.0. The molecule has 254 valence electrons. The topological polar surface area (TPSA) is 54.1 Å². The summed E-state index contributed by atoms with van der Waals surface area (Å²) >= 11 is 0. The molecule has 0 atom stereocenters. The van der Waals surface area contributed by atoms with Gasteiger partial charge in [0.1, 0.15) is 11.5 Å². The van der Waals surface area contributed by atoms with E-state index in [-0.39, 0.29) is 0 Å². The molecule has 0 fully saturated rings. The molecule has 0 radical (unpaired) electrons. The van der Waals surface area contributed by atoms with Crippen molar-refractivity contribution in [3.8, 4) is 34.0 Å². The molecular weight excluding hydrogens is 617 g/mol. The minimum atomic E-state index is 0.739. The number of hydrogen-bond donors (Lipinski definition) is 0. The lowest BCUT2D eigenvalue weighted by Crippen LogP contribution is -1.98. The second-order valence-corrected chi connectivity index (χ2v) is 13.0. The van der Waals surface area contributed by atoms with Gasteiger partial charge in [0, 0.05) is 59.8 Å². The molecular formula is C44H46N4O2. The molecule has 0 N–H and O–H groups in total. The minimum absolute atomic E-state index is 0.739. The second kappa shape index (κ2) is 16.8. The predicted molar refractivity (Wildman–Crippen MR) is 205 cm³/mol. The highest BCUT2D eigenvalue weighted by Gasteiger charge is 2.10. The zero-order chi connectivity index (χ0) is 33.8. The first kappa shape index (κ1) is 33.2. The van der Waals surface area contributed by atoms with Gasteiger partial charge < -0.3 is 18.6 Å². The van der Waals surface area contributed by atoms with Gasteiger partial charge in [0.2, 0.25) is 0 Å². The summed E-state index contributed by atoms with van der Waals surface area (Å²) in [6, 6.07) is 37.6. The van der Waals surface area contributed by atoms with Gasteiger partial charge in [-0.25, -0.2) is 9.97 Å². The highest BCUT2D eigenvalue weighted by Crippen LogP contribution is 2.30. The predicted octanol–water partition coefficient (Wildman–Crippen LogP) is 11.0. The Morgan fingerprint density at radius 1 is 0.400 bits per heavy atom. The Balaban J connectivity index is 0.930. The molecule has 50 heavy (non-hydrogen) atoms. The van der Waals surface area contributed by atoms with Gasteiger partial charge in [0.15, 0.2) is 0 Å². The quantitative estimate of drug-likeness (QED) is 0.0678. The Kier molecular flexibility index (Phi) is 11.2. The Hall–Kier alpha value is -5.36. The van der Waals surface area contributed by atoms with Gasteiger partial charge >= 0.3 is 0 Å². The molecule has 0 spiro atoms. The molecule has 4 aromatic heterocycles. The number of hydrogen-bond acceptors (Lipinski definition) is 4. The summed E-state index contributed by atoms with van der Waals surface area (Å²) in [5.74, 6) is 1.80. The third-order valence-corrected chi connectivity index (χ3v) is 9.31. The van der Waals surface area contributed by atoms with Gasteiger partial charge in [0.05, 0.1) is 35.6 Å². The molecule has 6 heteroatoms. The van der Waals surface area contributed by atoms with Gasteiger partial charge in [-0.15, -0.1) is 0 Å². The van der Waals surface area contributed by atoms with Crippen molar-refractivity contribution in [3.05, 3.63) is 134 Å². The van der Waals surface area contributed by atoms with Crippen LogP contribution in [0.2, 0.25) is 0 Å². The number of rotatable bonds is 18. The number of fused-ring (bicyclic) bond motifs is 3. The van der Waals surface area contributed by atoms with Crippen LogP contribution in [-0.4, -0.2) is 32.3 Å². The van der Waals surface area contributed by atoms with Crippen molar-refractivity contribution in [1.82, 2.24) is 19.1 Å². The molecule has 0 saturated carbocycles. The number of benzene rings is 3. The largest absolute Gasteiger partial charge is 0.494 e. The van der Waals surface area contributed by atoms with Crippen LogP contribution in [0, 0.1) is 0 Å². The molecule has 6 nitrogen and oxygen atoms in total. The van der Waals surface area contributed by atoms with E-state index in [0.717, 1.165) is 95.0 Å². The number of aryl methyl sites for hydroxylation is 2. The first-order chi connectivity index (χ1) is 24.8. The lowest BCUT2D eigenvalue weighted by Gasteiger charge is -2.10. The molecule has 0 amide bonds. The zero-order valence-electron chi connectivity index (χ0n) is 28.8. The van der Waals surface area contributed by atoms with E-state index in [1.807, 2.05) is 24.3 Å². The SMILES string of the molecule is c1ccn(CCCCCCOc2ccc(-c3ccc4ccc5ccc(-c6ccc(OCCCCCCn7cccc7)cc6)nc5c4n3)cc2)c1. The molecule has 0 unspecified atom stereocenters. The van der Waals surface area contributed by atoms with Crippen molar-refractivity contribution < 1.29 is 9.47 Å². The van der Waals surface area contributed by atoms with Crippen LogP contribution < -0.4 is 9.47 Å². The Morgan fingerprint density at radius 3 is 1.20 bits per heavy atom. The van der Waals surface area contributed by atoms with Crippen molar-refractivity contribution >= 4 is 21.8 Å². The van der Waals surface area contributed by atoms with E-state index in [0.29, 0.717) is 0 Å². The minimum Gasteiger partial charge on any atom is -0.494 e. The van der Waals surface area contributed by atoms with Gasteiger partial charge in [-0.2, -0.15) is 0 Å². The van der Waals surface area contributed by atoms with Gasteiger partial charge in [0.25, 0.3) is 0 Å². The number of aromatic nitrogens is 4. The average molecular weight is 663 g/mol. The summed E-state index contributed by atoms with van der Waals surface area (Å²) < 4.78 is 16.6. The summed E-state index contributed by atoms with van der Waals surface area (Å²) in [7, 11) is 0. The van der Waals surface area contributed by atoms with Crippen molar-refractivity contribution in [3.63, 3.8) is 0 Å². The van der Waals surface area contributed by atoms with Crippen molar-refractivity contribution in [2.75, 3.05) is 13.2 Å². The smallest absolute Gasteiger partial charge is 0.119 e. The van der Waals surface area contributed by atoms with E-state index in [2.05, 4.69) is 119 Å². The highest BCUT2D eigenvalue weighted by atomic mass is 16.5. The van der Waals surface area contributed by atoms with E-state index in [1.165, 1.54) is 38.5 Å². The van der Waals surface area contributed by atoms with Crippen LogP contribution in [0.25, 0.3) is 44.3 Å². The summed E-state index contributed by atoms with van der Waals surface area (Å²) in [5, 5.41) is 2.15. The Labute approximate surface area is 295 Å². The van der Waals surface area contributed by atoms with E-state index in [9.17, 15) is 0 Å². The van der Waals surface area contributed by atoms with Crippen LogP contribution in [0.15, 0.2) is 134 Å². The van der Waals surface area contributed by atoms with Crippen LogP contribution in [0.4, 0.5) is 0 Å². The maximum Gasteiger partial charge on any atom is 0.119 e. The molecule has 0 bridgehead atoms. The summed E-state index contributed by atoms with van der Waals surface area (Å²) in [6.07, 6.45) is 17.8. The van der Waals surface area contributed by atoms with Crippen LogP contribution >= 0.6 is 0 Å². The number of nitrogens with zero attached hydrogens (tertiary/aromatic N) is 4. The fourth-order valence-electron chi connectivity index (χ4n) is 6.45. The molecule has 7 aromatic rings. The fraction of sp³-hybridized carbons (Fsp3) is 0.273. The lowest BCUT2D eigenvalue weighted by atomic mass is 10.1. The Morgan fingerprint density at radius 2 is 0.780 bits per heavy atom. The zero-order valence-corrected chi connectivity index (χ0v) is 28.8. The summed E-state index contributed by atoms with van der Waals surface area (Å²) in [4.78, 5) is 10.2. The van der Waals surface area contributed by atoms with E-state index >= 15 is 0 Å². The van der Waals surface area contributed by atoms with Crippen LogP contribution in [-0.2, 0) is 13.1 Å². The Bertz CT molecular complexity index is 1900. The van der Waals surface area contributed by atoms with Gasteiger partial charge in [-0.3, -0.25) is 0 Å². The maximum atomic E-state index is 6.04. The summed E-state index contributed by atoms with van der Waals surface area (Å²) in [6.45, 7) is 3.66. The fourth-order valence-corrected chi connectivity index (χ4v) is 6.45. The third-order valence-electron chi connectivity index (χ3n) is 9.31. The lowest BCUT2D eigenvalue weighted by molar-refractivity contribution is 0.304. The molecule has 0 aliphatic carbocycles. The standard InChI is InChI=1S/C44H46N4O2/c1(5-27-47-29-7-8-30-47)3-11-33-49-39-21-15-35(16-22-39)41-25-19-37-13-14-38-20-26-42(46-44(38)43(37)45-41)36-17-23-40(24-18-36)50-34-12-4-2-6-28-48-31-9-10-32-48/h7-10,13-26,29-32H,1-6,11-12,27-28,33-34H2. The monoisotopic (exact) mass is 662 g/mol. The number of pyridine rings is 2. The number of unbranched alkanes of at least 4 members (excludes halogenated alkanes) is 6. The van der Waals surface area contributed by atoms with Crippen molar-refractivity contribution in [2.24, 2.45) is 0 Å². The van der Waals surface area contributed by atoms with Crippen LogP contribution in [0.1, 0.15) is 51.4 Å². The molecule has 7 rings (SSSR count). The first-order valence-electron chi connectivity index (χ1n) is 18.2. The summed E-state index contributed by atoms with van der Waals surface area (Å²) in [5.41, 5.74) is 5.79. The molecule has 0 aliphatic heterocycles. The van der Waals surface area contributed by atoms with E-state index < -0.39 is 0 Å². The first-order valence-corrected chi connectivity index (χ1v) is 18.2. The van der Waals surface area contributed by atoms with E-state index in [4.69, 9.17) is 19.4 Å². The van der Waals surface area contributed by atoms with Gasteiger partial charge in [-0.1, -0.05) is 49.9 Å². The molecule has 3 aromatic carbocycles. The maximum absolute atomic E-state index is 6.04. The average Bonchev–Trinajstić information content (AvgIpc) is 3.89. The molecule has 4 heterocycles.